The number of anilines is 1. The molecule has 0 saturated carbocycles. The van der Waals surface area contributed by atoms with Crippen molar-refractivity contribution in [3.63, 3.8) is 0 Å². The molecule has 0 aliphatic carbocycles. The molecular weight excluding hydrogens is 321 g/mol. The molecule has 1 aromatic carbocycles. The van der Waals surface area contributed by atoms with Crippen LogP contribution in [0, 0.1) is 5.82 Å². The van der Waals surface area contributed by atoms with Crippen molar-refractivity contribution in [3.05, 3.63) is 60.2 Å². The van der Waals surface area contributed by atoms with Crippen LogP contribution >= 0.6 is 0 Å². The number of nitrogens with zero attached hydrogens (tertiary/aromatic N) is 4. The van der Waals surface area contributed by atoms with Crippen LogP contribution in [0.3, 0.4) is 0 Å². The number of carbonyl (C=O) groups is 1. The summed E-state index contributed by atoms with van der Waals surface area (Å²) >= 11 is 0. The number of hydrogen-bond acceptors (Lipinski definition) is 5. The van der Waals surface area contributed by atoms with E-state index in [-0.39, 0.29) is 11.7 Å². The molecule has 7 heteroatoms. The van der Waals surface area contributed by atoms with E-state index < -0.39 is 0 Å². The second-order valence-corrected chi connectivity index (χ2v) is 5.79. The Morgan fingerprint density at radius 1 is 1.16 bits per heavy atom. The molecule has 1 saturated heterocycles. The third-order valence-electron chi connectivity index (χ3n) is 4.01. The van der Waals surface area contributed by atoms with Gasteiger partial charge in [-0.2, -0.15) is 5.10 Å². The average Bonchev–Trinajstić information content (AvgIpc) is 2.64. The van der Waals surface area contributed by atoms with Gasteiger partial charge in [0.15, 0.2) is 0 Å². The number of carbonyl (C=O) groups excluding carboxylic acids is 1. The van der Waals surface area contributed by atoms with Crippen molar-refractivity contribution in [2.24, 2.45) is 5.10 Å². The topological polar surface area (TPSA) is 60.8 Å². The van der Waals surface area contributed by atoms with Crippen molar-refractivity contribution in [2.75, 3.05) is 37.6 Å². The molecule has 1 N–H and O–H groups in total. The lowest BCUT2D eigenvalue weighted by Gasteiger charge is -2.35. The summed E-state index contributed by atoms with van der Waals surface area (Å²) < 4.78 is 13.0. The van der Waals surface area contributed by atoms with Crippen LogP contribution in [0.5, 0.6) is 0 Å². The van der Waals surface area contributed by atoms with Gasteiger partial charge in [0.2, 0.25) is 0 Å². The van der Waals surface area contributed by atoms with Crippen molar-refractivity contribution in [3.8, 4) is 0 Å². The van der Waals surface area contributed by atoms with Crippen molar-refractivity contribution >= 4 is 17.8 Å². The molecule has 3 rings (SSSR count). The molecule has 0 bridgehead atoms. The van der Waals surface area contributed by atoms with E-state index in [4.69, 9.17) is 0 Å². The van der Waals surface area contributed by atoms with E-state index >= 15 is 0 Å². The summed E-state index contributed by atoms with van der Waals surface area (Å²) in [7, 11) is 0. The van der Waals surface area contributed by atoms with Crippen LogP contribution in [0.25, 0.3) is 0 Å². The first-order valence-electron chi connectivity index (χ1n) is 8.16. The number of halogens is 1. The lowest BCUT2D eigenvalue weighted by atomic mass is 10.2. The minimum absolute atomic E-state index is 0.151. The van der Waals surface area contributed by atoms with E-state index in [1.807, 2.05) is 18.2 Å². The van der Waals surface area contributed by atoms with E-state index in [2.05, 4.69) is 25.3 Å². The van der Waals surface area contributed by atoms with Crippen molar-refractivity contribution in [1.29, 1.82) is 0 Å². The highest BCUT2D eigenvalue weighted by Crippen LogP contribution is 2.16. The zero-order chi connectivity index (χ0) is 17.5. The Kier molecular flexibility index (Phi) is 5.69. The first kappa shape index (κ1) is 17.0. The van der Waals surface area contributed by atoms with Crippen LogP contribution in [0.2, 0.25) is 0 Å². The van der Waals surface area contributed by atoms with Gasteiger partial charge in [0, 0.05) is 38.1 Å². The van der Waals surface area contributed by atoms with E-state index in [1.165, 1.54) is 18.3 Å². The van der Waals surface area contributed by atoms with Crippen LogP contribution < -0.4 is 10.3 Å². The number of aromatic nitrogens is 1. The Bertz CT molecular complexity index is 712. The average molecular weight is 341 g/mol. The molecule has 0 spiro atoms. The van der Waals surface area contributed by atoms with Gasteiger partial charge in [0.1, 0.15) is 5.82 Å². The number of piperazine rings is 1. The lowest BCUT2D eigenvalue weighted by Crippen LogP contribution is -2.49. The molecule has 6 nitrogen and oxygen atoms in total. The molecule has 0 atom stereocenters. The molecule has 130 valence electrons. The summed E-state index contributed by atoms with van der Waals surface area (Å²) in [5.74, 6) is -0.382. The molecule has 25 heavy (non-hydrogen) atoms. The first-order valence-corrected chi connectivity index (χ1v) is 8.16. The van der Waals surface area contributed by atoms with Gasteiger partial charge < -0.3 is 4.90 Å². The molecule has 2 aromatic rings. The van der Waals surface area contributed by atoms with E-state index in [0.29, 0.717) is 12.2 Å². The highest BCUT2D eigenvalue weighted by Gasteiger charge is 2.19. The molecular formula is C18H20FN5O. The number of nitrogens with one attached hydrogen (secondary N) is 1. The number of amides is 1. The Morgan fingerprint density at radius 3 is 2.60 bits per heavy atom. The van der Waals surface area contributed by atoms with Gasteiger partial charge in [-0.15, -0.1) is 0 Å². The van der Waals surface area contributed by atoms with Gasteiger partial charge in [0.25, 0.3) is 5.91 Å². The summed E-state index contributed by atoms with van der Waals surface area (Å²) in [5, 5.41) is 3.92. The fourth-order valence-corrected chi connectivity index (χ4v) is 2.68. The molecule has 0 unspecified atom stereocenters. The monoisotopic (exact) mass is 341 g/mol. The minimum atomic E-state index is -0.231. The molecule has 2 heterocycles. The predicted octanol–water partition coefficient (Wildman–Crippen LogP) is 1.49. The third kappa shape index (κ3) is 5.09. The fraction of sp³-hybridized carbons (Fsp3) is 0.278. The lowest BCUT2D eigenvalue weighted by molar-refractivity contribution is -0.122. The molecule has 1 aromatic heterocycles. The quantitative estimate of drug-likeness (QED) is 0.661. The van der Waals surface area contributed by atoms with Crippen LogP contribution in [-0.4, -0.2) is 54.7 Å². The van der Waals surface area contributed by atoms with Gasteiger partial charge in [-0.3, -0.25) is 14.7 Å². The fourth-order valence-electron chi connectivity index (χ4n) is 2.68. The molecule has 1 aliphatic heterocycles. The Morgan fingerprint density at radius 2 is 1.92 bits per heavy atom. The van der Waals surface area contributed by atoms with Crippen molar-refractivity contribution in [2.45, 2.75) is 0 Å². The van der Waals surface area contributed by atoms with Gasteiger partial charge in [-0.1, -0.05) is 6.07 Å². The molecule has 0 radical (unpaired) electrons. The smallest absolute Gasteiger partial charge is 0.254 e. The van der Waals surface area contributed by atoms with Crippen molar-refractivity contribution in [1.82, 2.24) is 15.3 Å². The van der Waals surface area contributed by atoms with Crippen LogP contribution in [0.15, 0.2) is 53.8 Å². The zero-order valence-electron chi connectivity index (χ0n) is 13.8. The summed E-state index contributed by atoms with van der Waals surface area (Å²) in [4.78, 5) is 20.3. The minimum Gasteiger partial charge on any atom is -0.369 e. The highest BCUT2D eigenvalue weighted by molar-refractivity contribution is 5.81. The van der Waals surface area contributed by atoms with Gasteiger partial charge >= 0.3 is 0 Å². The third-order valence-corrected chi connectivity index (χ3v) is 4.01. The standard InChI is InChI=1S/C18H20FN5O/c19-15-4-6-17(7-5-15)24-11-9-23(10-12-24)14-18(25)22-21-13-16-3-1-2-8-20-16/h1-8,13H,9-12,14H2,(H,22,25)/b21-13-. The summed E-state index contributed by atoms with van der Waals surface area (Å²) in [5.41, 5.74) is 4.22. The number of benzene rings is 1. The Labute approximate surface area is 146 Å². The predicted molar refractivity (Wildman–Crippen MR) is 95.0 cm³/mol. The van der Waals surface area contributed by atoms with E-state index in [1.54, 1.807) is 18.3 Å². The maximum atomic E-state index is 13.0. The maximum absolute atomic E-state index is 13.0. The summed E-state index contributed by atoms with van der Waals surface area (Å²) in [6, 6.07) is 12.0. The van der Waals surface area contributed by atoms with Crippen LogP contribution in [0.1, 0.15) is 5.69 Å². The van der Waals surface area contributed by atoms with Crippen LogP contribution in [0.4, 0.5) is 10.1 Å². The van der Waals surface area contributed by atoms with Crippen molar-refractivity contribution < 1.29 is 9.18 Å². The largest absolute Gasteiger partial charge is 0.369 e. The number of hydrogen-bond donors (Lipinski definition) is 1. The van der Waals surface area contributed by atoms with E-state index in [0.717, 1.165) is 31.9 Å². The number of rotatable bonds is 5. The molecule has 1 aliphatic rings. The summed E-state index contributed by atoms with van der Waals surface area (Å²) in [6.07, 6.45) is 3.19. The van der Waals surface area contributed by atoms with E-state index in [9.17, 15) is 9.18 Å². The molecule has 1 amide bonds. The van der Waals surface area contributed by atoms with Crippen LogP contribution in [-0.2, 0) is 4.79 Å². The molecule has 1 fully saturated rings. The van der Waals surface area contributed by atoms with Gasteiger partial charge in [0.05, 0.1) is 18.5 Å². The normalized spacial score (nSPS) is 15.5. The number of pyridine rings is 1. The maximum Gasteiger partial charge on any atom is 0.254 e. The van der Waals surface area contributed by atoms with Gasteiger partial charge in [-0.25, -0.2) is 9.82 Å². The second-order valence-electron chi connectivity index (χ2n) is 5.79. The second kappa shape index (κ2) is 8.34. The Balaban J connectivity index is 1.42. The van der Waals surface area contributed by atoms with Gasteiger partial charge in [-0.05, 0) is 36.4 Å². The SMILES string of the molecule is O=C(CN1CCN(c2ccc(F)cc2)CC1)N/N=C\c1ccccn1. The summed E-state index contributed by atoms with van der Waals surface area (Å²) in [6.45, 7) is 3.45. The number of hydrazone groups is 1. The highest BCUT2D eigenvalue weighted by atomic mass is 19.1. The zero-order valence-corrected chi connectivity index (χ0v) is 13.8. The first-order chi connectivity index (χ1) is 12.2. The Hall–Kier alpha value is -2.80.